The molecular weight excluding hydrogens is 725 g/mol. The average Bonchev–Trinajstić information content (AvgIpc) is 3.13. The summed E-state index contributed by atoms with van der Waals surface area (Å²) in [4.78, 5) is 36.7. The Kier molecular flexibility index (Phi) is 16.8. The van der Waals surface area contributed by atoms with Crippen LogP contribution in [0.15, 0.2) is 72.8 Å². The van der Waals surface area contributed by atoms with Gasteiger partial charge in [0.1, 0.15) is 11.5 Å². The SMILES string of the molecule is CCCCCC[C@@H](C)OC(=O)c1ccc(OC(=O)c2ccc(-c3ccc(OCCCCCCOC(=O)CCC(F)(C(F)(F)F)C(F)(F)F)cc3)cc2)cc1. The lowest BCUT2D eigenvalue weighted by molar-refractivity contribution is -0.343. The Morgan fingerprint density at radius 3 is 1.69 bits per heavy atom. The van der Waals surface area contributed by atoms with Gasteiger partial charge in [-0.3, -0.25) is 4.79 Å². The third-order valence-corrected chi connectivity index (χ3v) is 8.52. The van der Waals surface area contributed by atoms with Crippen molar-refractivity contribution in [2.24, 2.45) is 0 Å². The molecule has 0 unspecified atom stereocenters. The molecule has 0 spiro atoms. The summed E-state index contributed by atoms with van der Waals surface area (Å²) >= 11 is 0. The monoisotopic (exact) mass is 770 g/mol. The topological polar surface area (TPSA) is 88.1 Å². The number of alkyl halides is 7. The molecule has 0 aliphatic heterocycles. The van der Waals surface area contributed by atoms with Gasteiger partial charge in [0.15, 0.2) is 0 Å². The van der Waals surface area contributed by atoms with Crippen LogP contribution in [0, 0.1) is 0 Å². The first kappa shape index (κ1) is 43.8. The van der Waals surface area contributed by atoms with Crippen LogP contribution < -0.4 is 9.47 Å². The van der Waals surface area contributed by atoms with E-state index in [4.69, 9.17) is 14.2 Å². The van der Waals surface area contributed by atoms with Crippen molar-refractivity contribution in [2.75, 3.05) is 13.2 Å². The maximum Gasteiger partial charge on any atom is 0.431 e. The molecule has 0 saturated heterocycles. The van der Waals surface area contributed by atoms with Crippen LogP contribution in [-0.4, -0.2) is 55.2 Å². The fourth-order valence-electron chi connectivity index (χ4n) is 5.26. The van der Waals surface area contributed by atoms with Gasteiger partial charge in [-0.05, 0) is 105 Å². The Balaban J connectivity index is 1.33. The summed E-state index contributed by atoms with van der Waals surface area (Å²) in [6, 6.07) is 20.3. The summed E-state index contributed by atoms with van der Waals surface area (Å²) in [7, 11) is 0. The Morgan fingerprint density at radius 1 is 0.611 bits per heavy atom. The Labute approximate surface area is 310 Å². The van der Waals surface area contributed by atoms with Crippen molar-refractivity contribution in [1.29, 1.82) is 0 Å². The van der Waals surface area contributed by atoms with Gasteiger partial charge in [-0.15, -0.1) is 0 Å². The van der Waals surface area contributed by atoms with Crippen LogP contribution in [0.5, 0.6) is 11.5 Å². The summed E-state index contributed by atoms with van der Waals surface area (Å²) in [5, 5.41) is 0. The van der Waals surface area contributed by atoms with Crippen LogP contribution in [0.2, 0.25) is 0 Å². The van der Waals surface area contributed by atoms with Gasteiger partial charge in [0, 0.05) is 12.8 Å². The molecule has 14 heteroatoms. The molecule has 3 aromatic rings. The van der Waals surface area contributed by atoms with Crippen molar-refractivity contribution in [2.45, 2.75) is 109 Å². The number of rotatable bonds is 21. The second kappa shape index (κ2) is 20.7. The van der Waals surface area contributed by atoms with Gasteiger partial charge in [0.05, 0.1) is 30.4 Å². The van der Waals surface area contributed by atoms with Crippen LogP contribution in [0.25, 0.3) is 11.1 Å². The summed E-state index contributed by atoms with van der Waals surface area (Å²) in [5.74, 6) is -1.41. The van der Waals surface area contributed by atoms with Gasteiger partial charge in [0.2, 0.25) is 0 Å². The highest BCUT2D eigenvalue weighted by Gasteiger charge is 2.72. The molecule has 0 aliphatic rings. The minimum absolute atomic E-state index is 0.184. The van der Waals surface area contributed by atoms with E-state index in [0.29, 0.717) is 49.2 Å². The van der Waals surface area contributed by atoms with E-state index in [9.17, 15) is 45.1 Å². The number of unbranched alkanes of at least 4 members (excludes halogenated alkanes) is 6. The highest BCUT2D eigenvalue weighted by Crippen LogP contribution is 2.49. The van der Waals surface area contributed by atoms with E-state index in [-0.39, 0.29) is 18.5 Å². The molecule has 7 nitrogen and oxygen atoms in total. The highest BCUT2D eigenvalue weighted by molar-refractivity contribution is 5.92. The molecule has 0 aliphatic carbocycles. The lowest BCUT2D eigenvalue weighted by atomic mass is 9.98. The molecule has 3 aromatic carbocycles. The highest BCUT2D eigenvalue weighted by atomic mass is 19.4. The van der Waals surface area contributed by atoms with E-state index < -0.39 is 48.8 Å². The molecule has 0 heterocycles. The first-order valence-electron chi connectivity index (χ1n) is 17.9. The minimum atomic E-state index is -6.20. The molecule has 296 valence electrons. The predicted octanol–water partition coefficient (Wildman–Crippen LogP) is 11.2. The zero-order valence-electron chi connectivity index (χ0n) is 30.2. The van der Waals surface area contributed by atoms with E-state index in [1.807, 2.05) is 19.1 Å². The molecule has 3 rings (SSSR count). The van der Waals surface area contributed by atoms with Gasteiger partial charge < -0.3 is 18.9 Å². The summed E-state index contributed by atoms with van der Waals surface area (Å²) in [6.07, 6.45) is -8.68. The summed E-state index contributed by atoms with van der Waals surface area (Å²) in [6.45, 7) is 4.17. The molecule has 0 saturated carbocycles. The van der Waals surface area contributed by atoms with Crippen molar-refractivity contribution in [3.8, 4) is 22.6 Å². The van der Waals surface area contributed by atoms with Gasteiger partial charge >= 0.3 is 30.3 Å². The van der Waals surface area contributed by atoms with Crippen LogP contribution in [0.4, 0.5) is 30.7 Å². The zero-order valence-corrected chi connectivity index (χ0v) is 30.2. The number of esters is 3. The third kappa shape index (κ3) is 13.7. The fraction of sp³-hybridized carbons (Fsp3) is 0.475. The molecule has 0 radical (unpaired) electrons. The molecule has 54 heavy (non-hydrogen) atoms. The second-order valence-electron chi connectivity index (χ2n) is 12.9. The zero-order chi connectivity index (χ0) is 39.8. The normalized spacial score (nSPS) is 12.5. The largest absolute Gasteiger partial charge is 0.494 e. The maximum atomic E-state index is 13.6. The van der Waals surface area contributed by atoms with Crippen molar-refractivity contribution in [3.63, 3.8) is 0 Å². The van der Waals surface area contributed by atoms with Crippen molar-refractivity contribution in [1.82, 2.24) is 0 Å². The first-order valence-corrected chi connectivity index (χ1v) is 17.9. The van der Waals surface area contributed by atoms with Crippen LogP contribution in [0.1, 0.15) is 105 Å². The van der Waals surface area contributed by atoms with Crippen molar-refractivity contribution >= 4 is 17.9 Å². The lowest BCUT2D eigenvalue weighted by Gasteiger charge is -2.29. The van der Waals surface area contributed by atoms with Gasteiger partial charge in [-0.25, -0.2) is 14.0 Å². The van der Waals surface area contributed by atoms with Crippen LogP contribution in [0.3, 0.4) is 0 Å². The molecule has 0 N–H and O–H groups in total. The van der Waals surface area contributed by atoms with Crippen molar-refractivity contribution < 1.29 is 64.1 Å². The number of benzene rings is 3. The van der Waals surface area contributed by atoms with Crippen LogP contribution in [-0.2, 0) is 14.3 Å². The maximum absolute atomic E-state index is 13.6. The van der Waals surface area contributed by atoms with E-state index in [1.54, 1.807) is 60.7 Å². The third-order valence-electron chi connectivity index (χ3n) is 8.52. The van der Waals surface area contributed by atoms with E-state index >= 15 is 0 Å². The number of ether oxygens (including phenoxy) is 4. The standard InChI is InChI=1S/C40H45F7O7/c1-3-4-5-8-11-28(2)53-36(49)32-18-22-34(23-19-32)54-37(50)31-14-12-29(13-15-31)30-16-20-33(21-17-30)51-26-9-6-7-10-27-52-35(48)24-25-38(41,39(42,43)44)40(45,46)47/h12-23,28H,3-11,24-27H2,1-2H3/t28-/m1/s1. The predicted molar refractivity (Wildman–Crippen MR) is 187 cm³/mol. The van der Waals surface area contributed by atoms with Crippen molar-refractivity contribution in [3.05, 3.63) is 83.9 Å². The molecule has 0 bridgehead atoms. The smallest absolute Gasteiger partial charge is 0.431 e. The van der Waals surface area contributed by atoms with E-state index in [2.05, 4.69) is 11.7 Å². The Bertz CT molecular complexity index is 1590. The number of hydrogen-bond donors (Lipinski definition) is 0. The summed E-state index contributed by atoms with van der Waals surface area (Å²) in [5.41, 5.74) is -3.04. The van der Waals surface area contributed by atoms with E-state index in [0.717, 1.165) is 43.2 Å². The van der Waals surface area contributed by atoms with Gasteiger partial charge in [0.25, 0.3) is 5.67 Å². The molecule has 0 amide bonds. The fourth-order valence-corrected chi connectivity index (χ4v) is 5.26. The van der Waals surface area contributed by atoms with Crippen LogP contribution >= 0.6 is 0 Å². The number of carbonyl (C=O) groups excluding carboxylic acids is 3. The molecular formula is C40H45F7O7. The minimum Gasteiger partial charge on any atom is -0.494 e. The molecule has 0 fully saturated rings. The number of hydrogen-bond acceptors (Lipinski definition) is 7. The number of carbonyl (C=O) groups is 3. The van der Waals surface area contributed by atoms with E-state index in [1.165, 1.54) is 0 Å². The molecule has 0 aromatic heterocycles. The quantitative estimate of drug-likeness (QED) is 0.0461. The average molecular weight is 771 g/mol. The first-order chi connectivity index (χ1) is 25.5. The van der Waals surface area contributed by atoms with Gasteiger partial charge in [-0.1, -0.05) is 50.5 Å². The number of halogens is 7. The lowest BCUT2D eigenvalue weighted by Crippen LogP contribution is -2.53. The molecule has 1 atom stereocenters. The Morgan fingerprint density at radius 2 is 1.11 bits per heavy atom. The summed E-state index contributed by atoms with van der Waals surface area (Å²) < 4.78 is 110. The van der Waals surface area contributed by atoms with Gasteiger partial charge in [-0.2, -0.15) is 26.3 Å². The second-order valence-corrected chi connectivity index (χ2v) is 12.9. The Hall–Kier alpha value is -4.62.